The van der Waals surface area contributed by atoms with Gasteiger partial charge in [-0.15, -0.1) is 0 Å². The van der Waals surface area contributed by atoms with Crippen LogP contribution in [0.15, 0.2) is 55.1 Å². The van der Waals surface area contributed by atoms with Crippen LogP contribution in [0, 0.1) is 0 Å². The number of aromatic amines is 2. The molecule has 26 heavy (non-hydrogen) atoms. The number of hydrogen-bond donors (Lipinski definition) is 2. The summed E-state index contributed by atoms with van der Waals surface area (Å²) < 4.78 is 5.26. The van der Waals surface area contributed by atoms with E-state index in [1.54, 1.807) is 25.7 Å². The van der Waals surface area contributed by atoms with Crippen LogP contribution in [0.5, 0.6) is 5.75 Å². The van der Waals surface area contributed by atoms with E-state index in [0.717, 1.165) is 44.6 Å². The number of pyridine rings is 3. The number of fused-ring (bicyclic) bond motifs is 2. The molecule has 5 rings (SSSR count). The number of aromatic nitrogens is 6. The van der Waals surface area contributed by atoms with Crippen LogP contribution in [0.25, 0.3) is 44.6 Å². The van der Waals surface area contributed by atoms with E-state index in [4.69, 9.17) is 9.72 Å². The first kappa shape index (κ1) is 14.6. The molecule has 0 saturated carbocycles. The summed E-state index contributed by atoms with van der Waals surface area (Å²) in [5.41, 5.74) is 6.05. The Bertz CT molecular complexity index is 1210. The summed E-state index contributed by atoms with van der Waals surface area (Å²) in [6, 6.07) is 9.79. The minimum atomic E-state index is 0.694. The number of hydrogen-bond acceptors (Lipinski definition) is 5. The summed E-state index contributed by atoms with van der Waals surface area (Å²) in [5.74, 6) is 0.694. The van der Waals surface area contributed by atoms with Gasteiger partial charge in [0.2, 0.25) is 0 Å². The highest BCUT2D eigenvalue weighted by Gasteiger charge is 2.14. The lowest BCUT2D eigenvalue weighted by Gasteiger charge is -2.04. The van der Waals surface area contributed by atoms with Crippen LogP contribution in [-0.4, -0.2) is 37.2 Å². The highest BCUT2D eigenvalue weighted by atomic mass is 16.5. The minimum Gasteiger partial charge on any atom is -0.495 e. The van der Waals surface area contributed by atoms with Crippen LogP contribution >= 0.6 is 0 Å². The number of H-pyrrole nitrogens is 2. The van der Waals surface area contributed by atoms with Gasteiger partial charge in [0, 0.05) is 35.1 Å². The zero-order chi connectivity index (χ0) is 17.5. The van der Waals surface area contributed by atoms with E-state index in [9.17, 15) is 0 Å². The van der Waals surface area contributed by atoms with E-state index in [2.05, 4.69) is 25.1 Å². The molecule has 7 heteroatoms. The maximum Gasteiger partial charge on any atom is 0.137 e. The van der Waals surface area contributed by atoms with E-state index in [0.29, 0.717) is 5.75 Å². The number of nitrogens with zero attached hydrogens (tertiary/aromatic N) is 4. The number of nitrogens with one attached hydrogen (secondary N) is 2. The highest BCUT2D eigenvalue weighted by Crippen LogP contribution is 2.29. The zero-order valence-corrected chi connectivity index (χ0v) is 13.9. The highest BCUT2D eigenvalue weighted by molar-refractivity contribution is 5.94. The number of ether oxygens (including phenoxy) is 1. The second kappa shape index (κ2) is 5.66. The Morgan fingerprint density at radius 3 is 2.81 bits per heavy atom. The van der Waals surface area contributed by atoms with Crippen molar-refractivity contribution in [2.75, 3.05) is 7.11 Å². The van der Waals surface area contributed by atoms with Gasteiger partial charge < -0.3 is 9.72 Å². The first-order valence-corrected chi connectivity index (χ1v) is 8.09. The maximum absolute atomic E-state index is 5.26. The molecular weight excluding hydrogens is 328 g/mol. The smallest absolute Gasteiger partial charge is 0.137 e. The van der Waals surface area contributed by atoms with Gasteiger partial charge in [-0.3, -0.25) is 15.1 Å². The van der Waals surface area contributed by atoms with Gasteiger partial charge >= 0.3 is 0 Å². The molecule has 0 unspecified atom stereocenters. The number of methoxy groups -OCH3 is 1. The first-order chi connectivity index (χ1) is 12.8. The molecule has 0 amide bonds. The van der Waals surface area contributed by atoms with Crippen molar-refractivity contribution in [3.05, 3.63) is 55.1 Å². The fourth-order valence-electron chi connectivity index (χ4n) is 3.02. The minimum absolute atomic E-state index is 0.694. The van der Waals surface area contributed by atoms with Crippen LogP contribution in [-0.2, 0) is 0 Å². The monoisotopic (exact) mass is 342 g/mol. The van der Waals surface area contributed by atoms with Crippen LogP contribution in [0.4, 0.5) is 0 Å². The van der Waals surface area contributed by atoms with Crippen molar-refractivity contribution in [3.8, 4) is 28.4 Å². The van der Waals surface area contributed by atoms with Crippen molar-refractivity contribution < 1.29 is 4.74 Å². The standard InChI is InChI=1S/C19H14N6O/c1-26-13-6-11(9-21-10-13)14-2-3-16-18(23-14)19(25-24-16)17-7-12-8-20-5-4-15(12)22-17/h2-10,22H,1H3,(H,24,25). The second-order valence-corrected chi connectivity index (χ2v) is 5.92. The molecule has 0 aromatic carbocycles. The molecule has 0 bridgehead atoms. The van der Waals surface area contributed by atoms with Crippen molar-refractivity contribution in [1.29, 1.82) is 0 Å². The van der Waals surface area contributed by atoms with Gasteiger partial charge in [0.05, 0.1) is 30.2 Å². The molecule has 126 valence electrons. The summed E-state index contributed by atoms with van der Waals surface area (Å²) in [6.45, 7) is 0. The maximum atomic E-state index is 5.26. The molecular formula is C19H14N6O. The van der Waals surface area contributed by atoms with E-state index in [1.165, 1.54) is 0 Å². The quantitative estimate of drug-likeness (QED) is 0.523. The first-order valence-electron chi connectivity index (χ1n) is 8.09. The topological polar surface area (TPSA) is 92.4 Å². The molecule has 5 aromatic heterocycles. The summed E-state index contributed by atoms with van der Waals surface area (Å²) in [7, 11) is 1.62. The lowest BCUT2D eigenvalue weighted by atomic mass is 10.1. The Morgan fingerprint density at radius 2 is 1.92 bits per heavy atom. The summed E-state index contributed by atoms with van der Waals surface area (Å²) in [6.07, 6.45) is 7.03. The van der Waals surface area contributed by atoms with Gasteiger partial charge in [-0.25, -0.2) is 4.98 Å². The van der Waals surface area contributed by atoms with E-state index < -0.39 is 0 Å². The van der Waals surface area contributed by atoms with Gasteiger partial charge in [-0.2, -0.15) is 5.10 Å². The Labute approximate surface area is 148 Å². The molecule has 0 spiro atoms. The summed E-state index contributed by atoms with van der Waals surface area (Å²) in [5, 5.41) is 8.53. The van der Waals surface area contributed by atoms with Crippen molar-refractivity contribution in [2.24, 2.45) is 0 Å². The summed E-state index contributed by atoms with van der Waals surface area (Å²) in [4.78, 5) is 16.5. The fourth-order valence-corrected chi connectivity index (χ4v) is 3.02. The molecule has 0 fully saturated rings. The molecule has 5 heterocycles. The molecule has 0 aliphatic heterocycles. The predicted octanol–water partition coefficient (Wildman–Crippen LogP) is 3.57. The van der Waals surface area contributed by atoms with E-state index >= 15 is 0 Å². The third-order valence-corrected chi connectivity index (χ3v) is 4.33. The second-order valence-electron chi connectivity index (χ2n) is 5.92. The van der Waals surface area contributed by atoms with E-state index in [1.807, 2.05) is 36.5 Å². The van der Waals surface area contributed by atoms with Crippen LogP contribution in [0.1, 0.15) is 0 Å². The van der Waals surface area contributed by atoms with Crippen LogP contribution in [0.2, 0.25) is 0 Å². The van der Waals surface area contributed by atoms with Gasteiger partial charge in [0.15, 0.2) is 0 Å². The van der Waals surface area contributed by atoms with Crippen molar-refractivity contribution >= 4 is 21.9 Å². The SMILES string of the molecule is COc1cncc(-c2ccc3[nH]nc(-c4cc5cnccc5[nH]4)c3n2)c1. The Hall–Kier alpha value is -3.74. The average Bonchev–Trinajstić information content (AvgIpc) is 3.31. The molecule has 5 aromatic rings. The largest absolute Gasteiger partial charge is 0.495 e. The molecule has 7 nitrogen and oxygen atoms in total. The van der Waals surface area contributed by atoms with Crippen molar-refractivity contribution in [3.63, 3.8) is 0 Å². The van der Waals surface area contributed by atoms with Gasteiger partial charge in [-0.1, -0.05) is 0 Å². The fraction of sp³-hybridized carbons (Fsp3) is 0.0526. The van der Waals surface area contributed by atoms with Gasteiger partial charge in [0.1, 0.15) is 17.0 Å². The Kier molecular flexibility index (Phi) is 3.18. The molecule has 2 N–H and O–H groups in total. The third-order valence-electron chi connectivity index (χ3n) is 4.33. The molecule has 0 aliphatic carbocycles. The predicted molar refractivity (Wildman–Crippen MR) is 98.8 cm³/mol. The van der Waals surface area contributed by atoms with Gasteiger partial charge in [0.25, 0.3) is 0 Å². The molecule has 0 aliphatic rings. The lowest BCUT2D eigenvalue weighted by Crippen LogP contribution is -1.89. The molecule has 0 radical (unpaired) electrons. The Balaban J connectivity index is 1.67. The average molecular weight is 342 g/mol. The lowest BCUT2D eigenvalue weighted by molar-refractivity contribution is 0.413. The van der Waals surface area contributed by atoms with E-state index in [-0.39, 0.29) is 0 Å². The Morgan fingerprint density at radius 1 is 0.962 bits per heavy atom. The third kappa shape index (κ3) is 2.29. The normalized spacial score (nSPS) is 11.3. The van der Waals surface area contributed by atoms with Crippen LogP contribution < -0.4 is 4.74 Å². The zero-order valence-electron chi connectivity index (χ0n) is 13.9. The summed E-state index contributed by atoms with van der Waals surface area (Å²) >= 11 is 0. The molecule has 0 saturated heterocycles. The van der Waals surface area contributed by atoms with Crippen molar-refractivity contribution in [2.45, 2.75) is 0 Å². The van der Waals surface area contributed by atoms with Crippen LogP contribution in [0.3, 0.4) is 0 Å². The van der Waals surface area contributed by atoms with Gasteiger partial charge in [-0.05, 0) is 30.3 Å². The number of rotatable bonds is 3. The molecule has 0 atom stereocenters. The van der Waals surface area contributed by atoms with Crippen molar-refractivity contribution in [1.82, 2.24) is 30.1 Å².